The zero-order valence-corrected chi connectivity index (χ0v) is 8.57. The van der Waals surface area contributed by atoms with Crippen molar-refractivity contribution in [3.63, 3.8) is 0 Å². The zero-order chi connectivity index (χ0) is 10.9. The molecule has 0 radical (unpaired) electrons. The van der Waals surface area contributed by atoms with Crippen molar-refractivity contribution in [3.05, 3.63) is 0 Å². The molecule has 0 spiro atoms. The van der Waals surface area contributed by atoms with Crippen molar-refractivity contribution >= 4 is 12.1 Å². The molecule has 1 heterocycles. The van der Waals surface area contributed by atoms with Gasteiger partial charge in [0.05, 0.1) is 0 Å². The molecule has 0 aromatic heterocycles. The molecule has 1 saturated carbocycles. The Morgan fingerprint density at radius 1 is 1.13 bits per heavy atom. The van der Waals surface area contributed by atoms with E-state index in [0.29, 0.717) is 25.9 Å². The van der Waals surface area contributed by atoms with Gasteiger partial charge in [-0.25, -0.2) is 9.59 Å². The topological polar surface area (TPSA) is 66.8 Å². The molecule has 0 aromatic rings. The summed E-state index contributed by atoms with van der Waals surface area (Å²) in [5.74, 6) is -1.02. The van der Waals surface area contributed by atoms with E-state index in [2.05, 4.69) is 0 Å². The molecule has 0 bridgehead atoms. The van der Waals surface area contributed by atoms with Crippen molar-refractivity contribution in [3.8, 4) is 0 Å². The number of ether oxygens (including phenoxy) is 1. The number of carbonyl (C=O) groups is 2. The molecule has 0 aromatic carbocycles. The van der Waals surface area contributed by atoms with Gasteiger partial charge in [0.2, 0.25) is 5.60 Å². The van der Waals surface area contributed by atoms with Gasteiger partial charge in [0.1, 0.15) is 0 Å². The molecule has 1 saturated heterocycles. The van der Waals surface area contributed by atoms with Crippen LogP contribution in [-0.4, -0.2) is 40.8 Å². The number of nitrogens with zero attached hydrogens (tertiary/aromatic N) is 1. The third-order valence-electron chi connectivity index (χ3n) is 2.99. The number of hydrogen-bond donors (Lipinski definition) is 1. The third-order valence-corrected chi connectivity index (χ3v) is 2.99. The number of likely N-dealkylation sites (tertiary alicyclic amines) is 1. The quantitative estimate of drug-likeness (QED) is 0.749. The van der Waals surface area contributed by atoms with E-state index in [0.717, 1.165) is 19.3 Å². The molecule has 1 amide bonds. The maximum Gasteiger partial charge on any atom is 0.410 e. The van der Waals surface area contributed by atoms with Crippen LogP contribution >= 0.6 is 0 Å². The summed E-state index contributed by atoms with van der Waals surface area (Å²) in [7, 11) is 0. The van der Waals surface area contributed by atoms with Crippen LogP contribution in [0.4, 0.5) is 4.79 Å². The number of rotatable bonds is 2. The van der Waals surface area contributed by atoms with Gasteiger partial charge in [-0.2, -0.15) is 0 Å². The fourth-order valence-corrected chi connectivity index (χ4v) is 1.78. The average molecular weight is 213 g/mol. The molecule has 0 unspecified atom stereocenters. The SMILES string of the molecule is O=C(OC1(C(=O)O)CC1)N1CCCCC1. The maximum atomic E-state index is 11.6. The maximum absolute atomic E-state index is 11.6. The third kappa shape index (κ3) is 2.06. The van der Waals surface area contributed by atoms with Crippen LogP contribution in [0, 0.1) is 0 Å². The highest BCUT2D eigenvalue weighted by Gasteiger charge is 2.55. The minimum absolute atomic E-state index is 0.446. The number of amides is 1. The van der Waals surface area contributed by atoms with Crippen LogP contribution in [0.2, 0.25) is 0 Å². The number of carbonyl (C=O) groups excluding carboxylic acids is 1. The molecular formula is C10H15NO4. The smallest absolute Gasteiger partial charge is 0.410 e. The Bertz CT molecular complexity index is 279. The van der Waals surface area contributed by atoms with Crippen LogP contribution < -0.4 is 0 Å². The number of piperidine rings is 1. The van der Waals surface area contributed by atoms with Gasteiger partial charge >= 0.3 is 12.1 Å². The highest BCUT2D eigenvalue weighted by atomic mass is 16.6. The first-order valence-electron chi connectivity index (χ1n) is 5.35. The first kappa shape index (κ1) is 10.3. The number of hydrogen-bond acceptors (Lipinski definition) is 3. The van der Waals surface area contributed by atoms with Crippen molar-refractivity contribution in [2.24, 2.45) is 0 Å². The summed E-state index contributed by atoms with van der Waals surface area (Å²) in [4.78, 5) is 24.0. The first-order chi connectivity index (χ1) is 7.14. The van der Waals surface area contributed by atoms with Gasteiger partial charge < -0.3 is 14.7 Å². The second kappa shape index (κ2) is 3.72. The van der Waals surface area contributed by atoms with E-state index in [1.807, 2.05) is 0 Å². The summed E-state index contributed by atoms with van der Waals surface area (Å²) >= 11 is 0. The summed E-state index contributed by atoms with van der Waals surface area (Å²) < 4.78 is 5.04. The van der Waals surface area contributed by atoms with Gasteiger partial charge in [-0.15, -0.1) is 0 Å². The Labute approximate surface area is 88.0 Å². The van der Waals surface area contributed by atoms with Crippen LogP contribution in [0.15, 0.2) is 0 Å². The molecule has 1 aliphatic heterocycles. The lowest BCUT2D eigenvalue weighted by Crippen LogP contribution is -2.40. The van der Waals surface area contributed by atoms with Crippen molar-refractivity contribution in [2.45, 2.75) is 37.7 Å². The molecule has 84 valence electrons. The zero-order valence-electron chi connectivity index (χ0n) is 8.57. The van der Waals surface area contributed by atoms with Gasteiger partial charge in [0, 0.05) is 25.9 Å². The summed E-state index contributed by atoms with van der Waals surface area (Å²) in [5.41, 5.74) is -1.20. The molecule has 2 fully saturated rings. The van der Waals surface area contributed by atoms with Crippen LogP contribution in [0.5, 0.6) is 0 Å². The second-order valence-electron chi connectivity index (χ2n) is 4.22. The lowest BCUT2D eigenvalue weighted by molar-refractivity contribution is -0.149. The Kier molecular flexibility index (Phi) is 2.54. The molecule has 2 aliphatic rings. The Morgan fingerprint density at radius 2 is 1.73 bits per heavy atom. The molecule has 5 nitrogen and oxygen atoms in total. The van der Waals surface area contributed by atoms with E-state index in [-0.39, 0.29) is 0 Å². The minimum Gasteiger partial charge on any atom is -0.478 e. The minimum atomic E-state index is -1.20. The van der Waals surface area contributed by atoms with Gasteiger partial charge in [0.25, 0.3) is 0 Å². The van der Waals surface area contributed by atoms with Crippen LogP contribution in [-0.2, 0) is 9.53 Å². The molecule has 2 rings (SSSR count). The van der Waals surface area contributed by atoms with Crippen LogP contribution in [0.1, 0.15) is 32.1 Å². The van der Waals surface area contributed by atoms with Gasteiger partial charge in [-0.1, -0.05) is 0 Å². The average Bonchev–Trinajstić information content (AvgIpc) is 3.00. The number of aliphatic carboxylic acids is 1. The largest absolute Gasteiger partial charge is 0.478 e. The van der Waals surface area contributed by atoms with E-state index >= 15 is 0 Å². The van der Waals surface area contributed by atoms with E-state index < -0.39 is 17.7 Å². The standard InChI is InChI=1S/C10H15NO4/c12-8(13)10(4-5-10)15-9(14)11-6-2-1-3-7-11/h1-7H2,(H,12,13). The molecular weight excluding hydrogens is 198 g/mol. The Balaban J connectivity index is 1.89. The lowest BCUT2D eigenvalue weighted by Gasteiger charge is -2.27. The summed E-state index contributed by atoms with van der Waals surface area (Å²) in [6.45, 7) is 1.38. The highest BCUT2D eigenvalue weighted by Crippen LogP contribution is 2.40. The molecule has 1 aliphatic carbocycles. The van der Waals surface area contributed by atoms with Crippen molar-refractivity contribution in [2.75, 3.05) is 13.1 Å². The molecule has 5 heteroatoms. The van der Waals surface area contributed by atoms with Gasteiger partial charge in [-0.3, -0.25) is 0 Å². The van der Waals surface area contributed by atoms with Gasteiger partial charge in [0.15, 0.2) is 0 Å². The molecule has 0 atom stereocenters. The number of carboxylic acids is 1. The predicted octanol–water partition coefficient (Wildman–Crippen LogP) is 1.23. The van der Waals surface area contributed by atoms with E-state index in [9.17, 15) is 9.59 Å². The predicted molar refractivity (Wildman–Crippen MR) is 51.5 cm³/mol. The monoisotopic (exact) mass is 213 g/mol. The van der Waals surface area contributed by atoms with E-state index in [1.165, 1.54) is 0 Å². The fraction of sp³-hybridized carbons (Fsp3) is 0.800. The normalized spacial score (nSPS) is 23.3. The Hall–Kier alpha value is -1.26. The molecule has 1 N–H and O–H groups in total. The van der Waals surface area contributed by atoms with Crippen LogP contribution in [0.25, 0.3) is 0 Å². The van der Waals surface area contributed by atoms with Crippen molar-refractivity contribution in [1.29, 1.82) is 0 Å². The van der Waals surface area contributed by atoms with E-state index in [4.69, 9.17) is 9.84 Å². The summed E-state index contributed by atoms with van der Waals surface area (Å²) in [6.07, 6.45) is 3.52. The Morgan fingerprint density at radius 3 is 2.20 bits per heavy atom. The summed E-state index contributed by atoms with van der Waals surface area (Å²) in [6, 6.07) is 0. The fourth-order valence-electron chi connectivity index (χ4n) is 1.78. The first-order valence-corrected chi connectivity index (χ1v) is 5.35. The van der Waals surface area contributed by atoms with Gasteiger partial charge in [-0.05, 0) is 19.3 Å². The number of carboxylic acid groups (broad SMARTS) is 1. The van der Waals surface area contributed by atoms with E-state index in [1.54, 1.807) is 4.90 Å². The lowest BCUT2D eigenvalue weighted by atomic mass is 10.1. The van der Waals surface area contributed by atoms with Crippen molar-refractivity contribution < 1.29 is 19.4 Å². The van der Waals surface area contributed by atoms with Crippen molar-refractivity contribution in [1.82, 2.24) is 4.90 Å². The highest BCUT2D eigenvalue weighted by molar-refractivity contribution is 5.84. The summed E-state index contributed by atoms with van der Waals surface area (Å²) in [5, 5.41) is 8.86. The molecule has 15 heavy (non-hydrogen) atoms. The van der Waals surface area contributed by atoms with Crippen LogP contribution in [0.3, 0.4) is 0 Å². The second-order valence-corrected chi connectivity index (χ2v) is 4.22.